The lowest BCUT2D eigenvalue weighted by atomic mass is 9.83. The van der Waals surface area contributed by atoms with E-state index in [-0.39, 0.29) is 16.6 Å². The molecule has 1 amide bonds. The summed E-state index contributed by atoms with van der Waals surface area (Å²) in [4.78, 5) is 11.7. The van der Waals surface area contributed by atoms with Crippen LogP contribution in [0.4, 0.5) is 13.2 Å². The number of hydrazone groups is 1. The Bertz CT molecular complexity index is 492. The fourth-order valence-electron chi connectivity index (χ4n) is 2.86. The van der Waals surface area contributed by atoms with Gasteiger partial charge in [0.05, 0.1) is 6.07 Å². The van der Waals surface area contributed by atoms with E-state index in [1.807, 2.05) is 0 Å². The van der Waals surface area contributed by atoms with Crippen LogP contribution in [-0.4, -0.2) is 33.6 Å². The molecule has 8 heteroatoms. The summed E-state index contributed by atoms with van der Waals surface area (Å²) < 4.78 is 39.4. The van der Waals surface area contributed by atoms with E-state index >= 15 is 0 Å². The van der Waals surface area contributed by atoms with Gasteiger partial charge in [-0.15, -0.1) is 0 Å². The minimum atomic E-state index is -5.02. The van der Waals surface area contributed by atoms with Crippen molar-refractivity contribution in [1.29, 1.82) is 5.26 Å². The molecule has 1 heterocycles. The van der Waals surface area contributed by atoms with E-state index in [4.69, 9.17) is 5.26 Å². The van der Waals surface area contributed by atoms with Gasteiger partial charge in [0, 0.05) is 12.1 Å². The number of nitrogens with zero attached hydrogens (tertiary/aromatic N) is 3. The molecular weight excluding hydrogens is 287 g/mol. The highest BCUT2D eigenvalue weighted by Crippen LogP contribution is 2.43. The number of hydrogen-bond acceptors (Lipinski definition) is 4. The molecule has 1 fully saturated rings. The summed E-state index contributed by atoms with van der Waals surface area (Å²) >= 11 is 0. The molecule has 0 saturated heterocycles. The zero-order chi connectivity index (χ0) is 15.7. The van der Waals surface area contributed by atoms with Crippen LogP contribution in [0.5, 0.6) is 0 Å². The van der Waals surface area contributed by atoms with Crippen LogP contribution >= 0.6 is 0 Å². The molecular formula is C13H16F3N3O2. The summed E-state index contributed by atoms with van der Waals surface area (Å²) in [7, 11) is 0. The first-order valence-corrected chi connectivity index (χ1v) is 6.86. The van der Waals surface area contributed by atoms with E-state index in [1.165, 1.54) is 6.07 Å². The molecule has 0 aromatic heterocycles. The third-order valence-corrected chi connectivity index (χ3v) is 4.00. The molecule has 21 heavy (non-hydrogen) atoms. The third kappa shape index (κ3) is 2.88. The van der Waals surface area contributed by atoms with Crippen molar-refractivity contribution in [2.75, 3.05) is 0 Å². The minimum absolute atomic E-state index is 0.0557. The molecule has 0 spiro atoms. The van der Waals surface area contributed by atoms with Crippen molar-refractivity contribution >= 4 is 11.6 Å². The lowest BCUT2D eigenvalue weighted by Crippen LogP contribution is -2.56. The molecule has 1 atom stereocenters. The largest absolute Gasteiger partial charge is 0.438 e. The van der Waals surface area contributed by atoms with Crippen molar-refractivity contribution in [1.82, 2.24) is 5.01 Å². The fourth-order valence-corrected chi connectivity index (χ4v) is 2.86. The molecule has 2 aliphatic rings. The Labute approximate surface area is 120 Å². The first kappa shape index (κ1) is 15.8. The molecule has 2 rings (SSSR count). The second-order valence-electron chi connectivity index (χ2n) is 5.46. The van der Waals surface area contributed by atoms with Gasteiger partial charge in [-0.3, -0.25) is 4.79 Å². The van der Waals surface area contributed by atoms with Gasteiger partial charge in [-0.2, -0.15) is 28.5 Å². The fraction of sp³-hybridized carbons (Fsp3) is 0.769. The number of amides is 1. The van der Waals surface area contributed by atoms with Crippen molar-refractivity contribution in [3.8, 4) is 6.07 Å². The second-order valence-corrected chi connectivity index (χ2v) is 5.46. The Morgan fingerprint density at radius 3 is 2.57 bits per heavy atom. The van der Waals surface area contributed by atoms with Crippen LogP contribution in [-0.2, 0) is 4.79 Å². The zero-order valence-electron chi connectivity index (χ0n) is 11.4. The smallest absolute Gasteiger partial charge is 0.362 e. The second kappa shape index (κ2) is 5.64. The summed E-state index contributed by atoms with van der Waals surface area (Å²) in [6, 6.07) is 1.49. The Kier molecular flexibility index (Phi) is 4.23. The van der Waals surface area contributed by atoms with Gasteiger partial charge < -0.3 is 5.11 Å². The summed E-state index contributed by atoms with van der Waals surface area (Å²) in [6.45, 7) is 0. The highest BCUT2D eigenvalue weighted by molar-refractivity contribution is 5.92. The molecule has 1 unspecified atom stereocenters. The monoisotopic (exact) mass is 303 g/mol. The lowest BCUT2D eigenvalue weighted by molar-refractivity contribution is -0.302. The summed E-state index contributed by atoms with van der Waals surface area (Å²) in [5, 5.41) is 22.2. The molecule has 116 valence electrons. The third-order valence-electron chi connectivity index (χ3n) is 4.00. The summed E-state index contributed by atoms with van der Waals surface area (Å²) in [5.41, 5.74) is -3.12. The van der Waals surface area contributed by atoms with E-state index in [9.17, 15) is 23.1 Å². The van der Waals surface area contributed by atoms with E-state index < -0.39 is 30.7 Å². The number of halogens is 3. The van der Waals surface area contributed by atoms with Gasteiger partial charge in [-0.05, 0) is 18.8 Å². The number of nitriles is 1. The number of alkyl halides is 3. The van der Waals surface area contributed by atoms with Gasteiger partial charge in [-0.1, -0.05) is 19.3 Å². The van der Waals surface area contributed by atoms with Crippen LogP contribution in [0.2, 0.25) is 0 Å². The quantitative estimate of drug-likeness (QED) is 0.850. The average Bonchev–Trinajstić information content (AvgIpc) is 2.79. The van der Waals surface area contributed by atoms with Crippen molar-refractivity contribution < 1.29 is 23.1 Å². The van der Waals surface area contributed by atoms with Gasteiger partial charge in [0.15, 0.2) is 0 Å². The van der Waals surface area contributed by atoms with Crippen LogP contribution < -0.4 is 0 Å². The number of carbonyl (C=O) groups excluding carboxylic acids is 1. The maximum absolute atomic E-state index is 13.1. The van der Waals surface area contributed by atoms with Crippen molar-refractivity contribution in [3.05, 3.63) is 0 Å². The molecule has 0 bridgehead atoms. The summed E-state index contributed by atoms with van der Waals surface area (Å²) in [5.74, 6) is -1.27. The van der Waals surface area contributed by atoms with E-state index in [2.05, 4.69) is 5.10 Å². The van der Waals surface area contributed by atoms with Crippen molar-refractivity contribution in [3.63, 3.8) is 0 Å². The van der Waals surface area contributed by atoms with Gasteiger partial charge in [-0.25, -0.2) is 0 Å². The SMILES string of the molecule is N#CCC(=O)N1N=C(C2CCCCC2)CC1(O)C(F)(F)F. The van der Waals surface area contributed by atoms with E-state index in [1.54, 1.807) is 0 Å². The van der Waals surface area contributed by atoms with Gasteiger partial charge in [0.25, 0.3) is 11.6 Å². The minimum Gasteiger partial charge on any atom is -0.362 e. The average molecular weight is 303 g/mol. The van der Waals surface area contributed by atoms with Crippen molar-refractivity contribution in [2.24, 2.45) is 11.0 Å². The maximum Gasteiger partial charge on any atom is 0.438 e. The maximum atomic E-state index is 13.1. The Hall–Kier alpha value is -1.62. The molecule has 1 aliphatic carbocycles. The number of carbonyl (C=O) groups is 1. The lowest BCUT2D eigenvalue weighted by Gasteiger charge is -2.32. The molecule has 1 N–H and O–H groups in total. The Morgan fingerprint density at radius 2 is 2.05 bits per heavy atom. The molecule has 0 aromatic rings. The molecule has 1 saturated carbocycles. The van der Waals surface area contributed by atoms with Crippen LogP contribution in [0.15, 0.2) is 5.10 Å². The van der Waals surface area contributed by atoms with Crippen LogP contribution in [0.25, 0.3) is 0 Å². The highest BCUT2D eigenvalue weighted by Gasteiger charge is 2.63. The molecule has 0 radical (unpaired) electrons. The molecule has 0 aromatic carbocycles. The predicted octanol–water partition coefficient (Wildman–Crippen LogP) is 2.32. The van der Waals surface area contributed by atoms with Gasteiger partial charge in [0.2, 0.25) is 0 Å². The van der Waals surface area contributed by atoms with E-state index in [0.29, 0.717) is 12.8 Å². The van der Waals surface area contributed by atoms with Crippen LogP contribution in [0.3, 0.4) is 0 Å². The topological polar surface area (TPSA) is 76.7 Å². The van der Waals surface area contributed by atoms with Crippen molar-refractivity contribution in [2.45, 2.75) is 56.8 Å². The zero-order valence-corrected chi connectivity index (χ0v) is 11.4. The summed E-state index contributed by atoms with van der Waals surface area (Å²) in [6.07, 6.45) is -2.22. The van der Waals surface area contributed by atoms with Gasteiger partial charge >= 0.3 is 6.18 Å². The first-order chi connectivity index (χ1) is 9.79. The predicted molar refractivity (Wildman–Crippen MR) is 66.7 cm³/mol. The number of hydrogen-bond donors (Lipinski definition) is 1. The normalized spacial score (nSPS) is 27.4. The molecule has 5 nitrogen and oxygen atoms in total. The first-order valence-electron chi connectivity index (χ1n) is 6.86. The number of rotatable bonds is 2. The van der Waals surface area contributed by atoms with Crippen LogP contribution in [0, 0.1) is 17.2 Å². The Balaban J connectivity index is 2.28. The van der Waals surface area contributed by atoms with Crippen LogP contribution in [0.1, 0.15) is 44.9 Å². The van der Waals surface area contributed by atoms with E-state index in [0.717, 1.165) is 19.3 Å². The molecule has 1 aliphatic heterocycles. The van der Waals surface area contributed by atoms with Gasteiger partial charge in [0.1, 0.15) is 6.42 Å². The highest BCUT2D eigenvalue weighted by atomic mass is 19.4. The Morgan fingerprint density at radius 1 is 1.43 bits per heavy atom. The standard InChI is InChI=1S/C13H16F3N3O2/c14-13(15,16)12(21)8-10(9-4-2-1-3-5-9)18-19(12)11(20)6-7-17/h9,21H,1-6,8H2. The number of aliphatic hydroxyl groups is 1.